The second-order valence-electron chi connectivity index (χ2n) is 7.88. The van der Waals surface area contributed by atoms with Crippen molar-refractivity contribution >= 4 is 11.8 Å². The number of benzene rings is 2. The van der Waals surface area contributed by atoms with Crippen LogP contribution in [0.25, 0.3) is 0 Å². The van der Waals surface area contributed by atoms with E-state index in [0.717, 1.165) is 36.9 Å². The second kappa shape index (κ2) is 7.55. The van der Waals surface area contributed by atoms with Crippen molar-refractivity contribution in [2.24, 2.45) is 5.92 Å². The van der Waals surface area contributed by atoms with E-state index < -0.39 is 0 Å². The molecule has 4 nitrogen and oxygen atoms in total. The second-order valence-corrected chi connectivity index (χ2v) is 7.88. The fraction of sp³-hybridized carbons (Fsp3) is 0.391. The summed E-state index contributed by atoms with van der Waals surface area (Å²) in [5, 5.41) is 3.06. The van der Waals surface area contributed by atoms with Crippen LogP contribution in [0, 0.1) is 12.8 Å². The van der Waals surface area contributed by atoms with Crippen LogP contribution in [-0.4, -0.2) is 35.8 Å². The minimum absolute atomic E-state index is 0.0463. The topological polar surface area (TPSA) is 49.4 Å². The summed E-state index contributed by atoms with van der Waals surface area (Å²) < 4.78 is 0. The lowest BCUT2D eigenvalue weighted by molar-refractivity contribution is -0.128. The van der Waals surface area contributed by atoms with Crippen LogP contribution in [0.15, 0.2) is 48.5 Å². The smallest absolute Gasteiger partial charge is 0.251 e. The summed E-state index contributed by atoms with van der Waals surface area (Å²) in [7, 11) is 0. The molecule has 2 fully saturated rings. The third kappa shape index (κ3) is 4.21. The zero-order valence-corrected chi connectivity index (χ0v) is 15.8. The number of carbonyl (C=O) groups is 2. The van der Waals surface area contributed by atoms with Crippen LogP contribution < -0.4 is 5.32 Å². The average molecular weight is 362 g/mol. The molecule has 0 radical (unpaired) electrons. The largest absolute Gasteiger partial charge is 0.352 e. The number of likely N-dealkylation sites (tertiary alicyclic amines) is 1. The number of hydrogen-bond donors (Lipinski definition) is 1. The molecule has 2 aromatic carbocycles. The lowest BCUT2D eigenvalue weighted by Crippen LogP contribution is -2.32. The first-order valence-corrected chi connectivity index (χ1v) is 9.81. The van der Waals surface area contributed by atoms with Gasteiger partial charge in [0.2, 0.25) is 5.91 Å². The third-order valence-electron chi connectivity index (χ3n) is 5.55. The van der Waals surface area contributed by atoms with Crippen molar-refractivity contribution in [3.05, 3.63) is 70.8 Å². The molecule has 1 saturated carbocycles. The normalized spacial score (nSPS) is 19.4. The van der Waals surface area contributed by atoms with Crippen molar-refractivity contribution in [2.45, 2.75) is 38.6 Å². The van der Waals surface area contributed by atoms with Gasteiger partial charge in [0.1, 0.15) is 0 Å². The van der Waals surface area contributed by atoms with Crippen LogP contribution in [0.4, 0.5) is 0 Å². The number of rotatable bonds is 6. The third-order valence-corrected chi connectivity index (χ3v) is 5.55. The number of amides is 2. The summed E-state index contributed by atoms with van der Waals surface area (Å²) in [5.41, 5.74) is 4.18. The van der Waals surface area contributed by atoms with Crippen molar-refractivity contribution in [2.75, 3.05) is 13.1 Å². The molecule has 1 N–H and O–H groups in total. The monoisotopic (exact) mass is 362 g/mol. The van der Waals surface area contributed by atoms with Gasteiger partial charge in [-0.1, -0.05) is 48.0 Å². The summed E-state index contributed by atoms with van der Waals surface area (Å²) in [6, 6.07) is 16.7. The maximum absolute atomic E-state index is 12.8. The fourth-order valence-electron chi connectivity index (χ4n) is 3.84. The van der Waals surface area contributed by atoms with Gasteiger partial charge < -0.3 is 10.2 Å². The number of aryl methyl sites for hydroxylation is 1. The average Bonchev–Trinajstić information content (AvgIpc) is 3.45. The maximum Gasteiger partial charge on any atom is 0.251 e. The van der Waals surface area contributed by atoms with Crippen molar-refractivity contribution in [1.82, 2.24) is 10.2 Å². The predicted octanol–water partition coefficient (Wildman–Crippen LogP) is 3.33. The van der Waals surface area contributed by atoms with Gasteiger partial charge in [0.05, 0.1) is 0 Å². The van der Waals surface area contributed by atoms with E-state index in [1.165, 1.54) is 11.1 Å². The van der Waals surface area contributed by atoms with Crippen LogP contribution in [0.3, 0.4) is 0 Å². The van der Waals surface area contributed by atoms with Gasteiger partial charge in [-0.2, -0.15) is 0 Å². The lowest BCUT2D eigenvalue weighted by atomic mass is 9.98. The molecule has 4 heteroatoms. The highest BCUT2D eigenvalue weighted by molar-refractivity contribution is 5.95. The SMILES string of the molecule is Cc1ccc(Cc2ccccc2C(=O)NC[C@@H]2CC(=O)N(C3CC3)C2)cc1. The van der Waals surface area contributed by atoms with Crippen molar-refractivity contribution in [1.29, 1.82) is 0 Å². The number of carbonyl (C=O) groups excluding carboxylic acids is 2. The van der Waals surface area contributed by atoms with Gasteiger partial charge in [-0.25, -0.2) is 0 Å². The molecular formula is C23H26N2O2. The van der Waals surface area contributed by atoms with Crippen molar-refractivity contribution < 1.29 is 9.59 Å². The highest BCUT2D eigenvalue weighted by atomic mass is 16.2. The number of nitrogens with zero attached hydrogens (tertiary/aromatic N) is 1. The van der Waals surface area contributed by atoms with E-state index in [0.29, 0.717) is 19.0 Å². The molecule has 2 aromatic rings. The Morgan fingerprint density at radius 3 is 2.59 bits per heavy atom. The Hall–Kier alpha value is -2.62. The lowest BCUT2D eigenvalue weighted by Gasteiger charge is -2.16. The van der Waals surface area contributed by atoms with Crippen LogP contribution in [-0.2, 0) is 11.2 Å². The molecule has 1 atom stereocenters. The Labute approximate surface area is 160 Å². The minimum atomic E-state index is -0.0463. The Morgan fingerprint density at radius 2 is 1.85 bits per heavy atom. The minimum Gasteiger partial charge on any atom is -0.352 e. The Morgan fingerprint density at radius 1 is 1.11 bits per heavy atom. The highest BCUT2D eigenvalue weighted by Gasteiger charge is 2.39. The molecule has 1 heterocycles. The molecular weight excluding hydrogens is 336 g/mol. The summed E-state index contributed by atoms with van der Waals surface area (Å²) >= 11 is 0. The molecule has 0 aromatic heterocycles. The predicted molar refractivity (Wildman–Crippen MR) is 106 cm³/mol. The summed E-state index contributed by atoms with van der Waals surface area (Å²) in [6.45, 7) is 3.42. The fourth-order valence-corrected chi connectivity index (χ4v) is 3.84. The first-order chi connectivity index (χ1) is 13.1. The quantitative estimate of drug-likeness (QED) is 0.857. The molecule has 2 amide bonds. The summed E-state index contributed by atoms with van der Waals surface area (Å²) in [5.74, 6) is 0.429. The zero-order valence-electron chi connectivity index (χ0n) is 15.8. The molecule has 1 aliphatic heterocycles. The molecule has 140 valence electrons. The van der Waals surface area contributed by atoms with E-state index in [9.17, 15) is 9.59 Å². The molecule has 0 bridgehead atoms. The molecule has 27 heavy (non-hydrogen) atoms. The van der Waals surface area contributed by atoms with Crippen LogP contribution in [0.5, 0.6) is 0 Å². The van der Waals surface area contributed by atoms with Gasteiger partial charge in [0, 0.05) is 37.0 Å². The van der Waals surface area contributed by atoms with Crippen molar-refractivity contribution in [3.8, 4) is 0 Å². The van der Waals surface area contributed by atoms with Gasteiger partial charge in [-0.3, -0.25) is 9.59 Å². The summed E-state index contributed by atoms with van der Waals surface area (Å²) in [4.78, 5) is 26.8. The van der Waals surface area contributed by atoms with Crippen LogP contribution >= 0.6 is 0 Å². The number of nitrogens with one attached hydrogen (secondary N) is 1. The number of hydrogen-bond acceptors (Lipinski definition) is 2. The molecule has 0 spiro atoms. The van der Waals surface area contributed by atoms with Gasteiger partial charge in [0.15, 0.2) is 0 Å². The van der Waals surface area contributed by atoms with Crippen LogP contribution in [0.1, 0.15) is 46.3 Å². The standard InChI is InChI=1S/C23H26N2O2/c1-16-6-8-17(9-7-16)12-19-4-2-3-5-21(19)23(27)24-14-18-13-22(26)25(15-18)20-10-11-20/h2-9,18,20H,10-15H2,1H3,(H,24,27)/t18-/m0/s1. The van der Waals surface area contributed by atoms with Gasteiger partial charge in [-0.15, -0.1) is 0 Å². The Bertz CT molecular complexity index is 840. The van der Waals surface area contributed by atoms with Gasteiger partial charge in [0.25, 0.3) is 5.91 Å². The van der Waals surface area contributed by atoms with Gasteiger partial charge >= 0.3 is 0 Å². The molecule has 1 aliphatic carbocycles. The Balaban J connectivity index is 1.38. The zero-order chi connectivity index (χ0) is 18.8. The molecule has 2 aliphatic rings. The Kier molecular flexibility index (Phi) is 4.97. The van der Waals surface area contributed by atoms with E-state index in [-0.39, 0.29) is 17.7 Å². The first kappa shape index (κ1) is 17.8. The maximum atomic E-state index is 12.8. The van der Waals surface area contributed by atoms with E-state index in [2.05, 4.69) is 36.5 Å². The van der Waals surface area contributed by atoms with E-state index >= 15 is 0 Å². The van der Waals surface area contributed by atoms with E-state index in [4.69, 9.17) is 0 Å². The molecule has 1 saturated heterocycles. The van der Waals surface area contributed by atoms with Gasteiger partial charge in [-0.05, 0) is 43.4 Å². The van der Waals surface area contributed by atoms with Crippen molar-refractivity contribution in [3.63, 3.8) is 0 Å². The van der Waals surface area contributed by atoms with E-state index in [1.807, 2.05) is 29.2 Å². The summed E-state index contributed by atoms with van der Waals surface area (Å²) in [6.07, 6.45) is 3.57. The molecule has 0 unspecified atom stereocenters. The molecule has 4 rings (SSSR count). The first-order valence-electron chi connectivity index (χ1n) is 9.81. The van der Waals surface area contributed by atoms with E-state index in [1.54, 1.807) is 0 Å². The highest BCUT2D eigenvalue weighted by Crippen LogP contribution is 2.32. The van der Waals surface area contributed by atoms with Crippen LogP contribution in [0.2, 0.25) is 0 Å².